The third-order valence-corrected chi connectivity index (χ3v) is 2.56. The van der Waals surface area contributed by atoms with E-state index in [-0.39, 0.29) is 0 Å². The van der Waals surface area contributed by atoms with Gasteiger partial charge in [-0.05, 0) is 43.7 Å². The lowest BCUT2D eigenvalue weighted by Crippen LogP contribution is -2.04. The van der Waals surface area contributed by atoms with E-state index >= 15 is 0 Å². The fraction of sp³-hybridized carbons (Fsp3) is 0.118. The number of hydrogen-bond acceptors (Lipinski definition) is 2. The highest BCUT2D eigenvalue weighted by molar-refractivity contribution is 5.90. The summed E-state index contributed by atoms with van der Waals surface area (Å²) in [5.74, 6) is 5.22. The molecule has 0 saturated heterocycles. The molecule has 0 unspecified atom stereocenters. The van der Waals surface area contributed by atoms with Crippen molar-refractivity contribution in [2.24, 2.45) is 0 Å². The van der Waals surface area contributed by atoms with Gasteiger partial charge in [0.15, 0.2) is 0 Å². The number of hydrogen-bond donors (Lipinski definition) is 0. The van der Waals surface area contributed by atoms with E-state index in [0.717, 1.165) is 16.7 Å². The summed E-state index contributed by atoms with van der Waals surface area (Å²) in [5, 5.41) is 0. The van der Waals surface area contributed by atoms with Gasteiger partial charge >= 0.3 is 5.97 Å². The largest absolute Gasteiger partial charge is 0.417 e. The Hall–Kier alpha value is -2.53. The standard InChI is InChI=1S/C17H14O2/c1-13-6-8-15(9-7-13)10-11-17(18)19-16-5-3-4-14(2)12-16/h3-9,12H,1-2H3. The minimum Gasteiger partial charge on any atom is -0.417 e. The SMILES string of the molecule is Cc1ccc(C#CC(=O)Oc2cccc(C)c2)cc1. The Bertz CT molecular complexity index is 643. The van der Waals surface area contributed by atoms with Gasteiger partial charge < -0.3 is 4.74 Å². The molecule has 0 radical (unpaired) electrons. The van der Waals surface area contributed by atoms with Crippen molar-refractivity contribution < 1.29 is 9.53 Å². The van der Waals surface area contributed by atoms with Gasteiger partial charge in [-0.15, -0.1) is 0 Å². The molecule has 0 N–H and O–H groups in total. The van der Waals surface area contributed by atoms with Crippen molar-refractivity contribution in [1.82, 2.24) is 0 Å². The van der Waals surface area contributed by atoms with Crippen molar-refractivity contribution in [3.63, 3.8) is 0 Å². The van der Waals surface area contributed by atoms with E-state index in [9.17, 15) is 4.79 Å². The third kappa shape index (κ3) is 4.01. The molecule has 94 valence electrons. The Kier molecular flexibility index (Phi) is 4.00. The van der Waals surface area contributed by atoms with E-state index in [1.165, 1.54) is 0 Å². The number of carbonyl (C=O) groups is 1. The molecule has 19 heavy (non-hydrogen) atoms. The first-order valence-electron chi connectivity index (χ1n) is 6.01. The molecule has 0 amide bonds. The van der Waals surface area contributed by atoms with E-state index in [2.05, 4.69) is 11.8 Å². The average Bonchev–Trinajstić information content (AvgIpc) is 2.38. The Balaban J connectivity index is 2.04. The molecule has 0 aromatic heterocycles. The zero-order valence-electron chi connectivity index (χ0n) is 10.9. The highest BCUT2D eigenvalue weighted by Gasteiger charge is 2.00. The van der Waals surface area contributed by atoms with E-state index in [0.29, 0.717) is 5.75 Å². The van der Waals surface area contributed by atoms with E-state index in [1.54, 1.807) is 12.1 Å². The number of benzene rings is 2. The van der Waals surface area contributed by atoms with Crippen LogP contribution in [0.25, 0.3) is 0 Å². The maximum Gasteiger partial charge on any atom is 0.390 e. The molecule has 0 heterocycles. The van der Waals surface area contributed by atoms with Crippen molar-refractivity contribution in [2.45, 2.75) is 13.8 Å². The smallest absolute Gasteiger partial charge is 0.390 e. The lowest BCUT2D eigenvalue weighted by atomic mass is 10.2. The molecule has 2 aromatic carbocycles. The van der Waals surface area contributed by atoms with Crippen LogP contribution in [0.3, 0.4) is 0 Å². The molecule has 0 aliphatic rings. The van der Waals surface area contributed by atoms with Crippen LogP contribution >= 0.6 is 0 Å². The maximum absolute atomic E-state index is 11.6. The zero-order valence-corrected chi connectivity index (χ0v) is 10.9. The second-order valence-electron chi connectivity index (χ2n) is 4.32. The monoisotopic (exact) mass is 250 g/mol. The van der Waals surface area contributed by atoms with Crippen LogP contribution in [0.5, 0.6) is 5.75 Å². The molecular weight excluding hydrogens is 236 g/mol. The Morgan fingerprint density at radius 3 is 2.42 bits per heavy atom. The van der Waals surface area contributed by atoms with Crippen LogP contribution in [-0.4, -0.2) is 5.97 Å². The first kappa shape index (κ1) is 12.9. The topological polar surface area (TPSA) is 26.3 Å². The van der Waals surface area contributed by atoms with Gasteiger partial charge in [-0.2, -0.15) is 0 Å². The number of carbonyl (C=O) groups excluding carboxylic acids is 1. The van der Waals surface area contributed by atoms with Crippen LogP contribution in [-0.2, 0) is 4.79 Å². The molecule has 0 bridgehead atoms. The summed E-state index contributed by atoms with van der Waals surface area (Å²) in [7, 11) is 0. The molecule has 2 rings (SSSR count). The summed E-state index contributed by atoms with van der Waals surface area (Å²) in [4.78, 5) is 11.6. The average molecular weight is 250 g/mol. The van der Waals surface area contributed by atoms with E-state index < -0.39 is 5.97 Å². The van der Waals surface area contributed by atoms with E-state index in [4.69, 9.17) is 4.74 Å². The van der Waals surface area contributed by atoms with Gasteiger partial charge in [-0.25, -0.2) is 4.79 Å². The normalized spacial score (nSPS) is 9.37. The molecule has 0 saturated carbocycles. The van der Waals surface area contributed by atoms with Gasteiger partial charge in [0.25, 0.3) is 0 Å². The lowest BCUT2D eigenvalue weighted by Gasteiger charge is -2.00. The molecule has 2 nitrogen and oxygen atoms in total. The number of ether oxygens (including phenoxy) is 1. The molecule has 0 fully saturated rings. The van der Waals surface area contributed by atoms with Crippen molar-refractivity contribution in [3.05, 3.63) is 65.2 Å². The Morgan fingerprint density at radius 1 is 1.00 bits per heavy atom. The second-order valence-corrected chi connectivity index (χ2v) is 4.32. The van der Waals surface area contributed by atoms with Crippen molar-refractivity contribution in [3.8, 4) is 17.6 Å². The van der Waals surface area contributed by atoms with Crippen molar-refractivity contribution in [1.29, 1.82) is 0 Å². The Labute approximate surface area is 113 Å². The summed E-state index contributed by atoms with van der Waals surface area (Å²) >= 11 is 0. The predicted octanol–water partition coefficient (Wildman–Crippen LogP) is 3.26. The number of esters is 1. The Morgan fingerprint density at radius 2 is 1.74 bits per heavy atom. The molecular formula is C17H14O2. The van der Waals surface area contributed by atoms with Crippen LogP contribution in [0.15, 0.2) is 48.5 Å². The summed E-state index contributed by atoms with van der Waals surface area (Å²) < 4.78 is 5.13. The molecule has 0 atom stereocenters. The van der Waals surface area contributed by atoms with Crippen LogP contribution in [0.1, 0.15) is 16.7 Å². The maximum atomic E-state index is 11.6. The first-order valence-corrected chi connectivity index (χ1v) is 6.01. The number of aryl methyl sites for hydroxylation is 2. The summed E-state index contributed by atoms with van der Waals surface area (Å²) in [6.07, 6.45) is 0. The van der Waals surface area contributed by atoms with Gasteiger partial charge in [0.1, 0.15) is 5.75 Å². The van der Waals surface area contributed by atoms with Gasteiger partial charge in [-0.1, -0.05) is 35.7 Å². The highest BCUT2D eigenvalue weighted by atomic mass is 16.5. The quantitative estimate of drug-likeness (QED) is 0.441. The highest BCUT2D eigenvalue weighted by Crippen LogP contribution is 2.12. The van der Waals surface area contributed by atoms with Gasteiger partial charge in [0, 0.05) is 11.5 Å². The van der Waals surface area contributed by atoms with Crippen molar-refractivity contribution in [2.75, 3.05) is 0 Å². The van der Waals surface area contributed by atoms with Crippen LogP contribution in [0, 0.1) is 25.7 Å². The molecule has 0 aliphatic heterocycles. The fourth-order valence-corrected chi connectivity index (χ4v) is 1.57. The van der Waals surface area contributed by atoms with Crippen LogP contribution < -0.4 is 4.74 Å². The fourth-order valence-electron chi connectivity index (χ4n) is 1.57. The zero-order chi connectivity index (χ0) is 13.7. The minimum atomic E-state index is -0.550. The van der Waals surface area contributed by atoms with E-state index in [1.807, 2.05) is 50.2 Å². The van der Waals surface area contributed by atoms with Crippen LogP contribution in [0.4, 0.5) is 0 Å². The predicted molar refractivity (Wildman–Crippen MR) is 74.9 cm³/mol. The van der Waals surface area contributed by atoms with Gasteiger partial charge in [-0.3, -0.25) is 0 Å². The second kappa shape index (κ2) is 5.88. The summed E-state index contributed by atoms with van der Waals surface area (Å²) in [6.45, 7) is 3.94. The number of rotatable bonds is 1. The minimum absolute atomic E-state index is 0.517. The molecule has 2 heteroatoms. The van der Waals surface area contributed by atoms with Crippen molar-refractivity contribution >= 4 is 5.97 Å². The van der Waals surface area contributed by atoms with Gasteiger partial charge in [0.2, 0.25) is 0 Å². The summed E-state index contributed by atoms with van der Waals surface area (Å²) in [5.41, 5.74) is 3.00. The lowest BCUT2D eigenvalue weighted by molar-refractivity contribution is -0.128. The van der Waals surface area contributed by atoms with Gasteiger partial charge in [0.05, 0.1) is 0 Å². The molecule has 0 spiro atoms. The molecule has 2 aromatic rings. The summed E-state index contributed by atoms with van der Waals surface area (Å²) in [6, 6.07) is 15.0. The van der Waals surface area contributed by atoms with Crippen LogP contribution in [0.2, 0.25) is 0 Å². The third-order valence-electron chi connectivity index (χ3n) is 2.56. The first-order chi connectivity index (χ1) is 9.13. The molecule has 0 aliphatic carbocycles.